The van der Waals surface area contributed by atoms with Gasteiger partial charge in [-0.05, 0) is 55.3 Å². The fourth-order valence-corrected chi connectivity index (χ4v) is 4.02. The van der Waals surface area contributed by atoms with Gasteiger partial charge in [0.25, 0.3) is 5.91 Å². The first-order valence-electron chi connectivity index (χ1n) is 10.3. The smallest absolute Gasteiger partial charge is 0.256 e. The van der Waals surface area contributed by atoms with E-state index < -0.39 is 0 Å². The van der Waals surface area contributed by atoms with Gasteiger partial charge in [-0.1, -0.05) is 18.2 Å². The highest BCUT2D eigenvalue weighted by atomic mass is 19.1. The number of rotatable bonds is 4. The minimum atomic E-state index is -0.324. The van der Waals surface area contributed by atoms with Crippen molar-refractivity contribution in [1.82, 2.24) is 9.97 Å². The summed E-state index contributed by atoms with van der Waals surface area (Å²) in [7, 11) is 0. The maximum absolute atomic E-state index is 14.7. The fourth-order valence-electron chi connectivity index (χ4n) is 4.02. The molecule has 0 bridgehead atoms. The molecule has 2 aromatic heterocycles. The lowest BCUT2D eigenvalue weighted by atomic mass is 10.0. The lowest BCUT2D eigenvalue weighted by molar-refractivity contribution is 0.102. The highest BCUT2D eigenvalue weighted by Gasteiger charge is 2.18. The Hall–Kier alpha value is -3.80. The summed E-state index contributed by atoms with van der Waals surface area (Å²) >= 11 is 0. The summed E-state index contributed by atoms with van der Waals surface area (Å²) in [6, 6.07) is 17.8. The highest BCUT2D eigenvalue weighted by Crippen LogP contribution is 2.28. The molecule has 6 heteroatoms. The Morgan fingerprint density at radius 1 is 1.00 bits per heavy atom. The van der Waals surface area contributed by atoms with E-state index in [1.807, 2.05) is 41.3 Å². The number of hydrogen-bond acceptors (Lipinski definition) is 4. The number of nitrogens with one attached hydrogen (secondary N) is 1. The largest absolute Gasteiger partial charge is 0.369 e. The Morgan fingerprint density at radius 2 is 1.84 bits per heavy atom. The van der Waals surface area contributed by atoms with Gasteiger partial charge in [-0.2, -0.15) is 0 Å². The second kappa shape index (κ2) is 8.14. The standard InChI is InChI=1S/C25H21FN4O/c26-21-14-18(9-10-24(21)30-12-3-4-13-30)28-25(31)20-15-23(17-6-5-11-27-16-17)29-22-8-2-1-7-19(20)22/h1-2,5-11,14-16H,3-4,12-13H2,(H,28,31). The molecule has 31 heavy (non-hydrogen) atoms. The summed E-state index contributed by atoms with van der Waals surface area (Å²) in [5.74, 6) is -0.632. The van der Waals surface area contributed by atoms with E-state index in [0.29, 0.717) is 28.1 Å². The molecule has 5 nitrogen and oxygen atoms in total. The van der Waals surface area contributed by atoms with Crippen molar-refractivity contribution in [3.8, 4) is 11.3 Å². The molecule has 2 aromatic carbocycles. The Morgan fingerprint density at radius 3 is 2.61 bits per heavy atom. The van der Waals surface area contributed by atoms with Crippen molar-refractivity contribution in [2.45, 2.75) is 12.8 Å². The summed E-state index contributed by atoms with van der Waals surface area (Å²) in [6.45, 7) is 1.73. The number of nitrogens with zero attached hydrogens (tertiary/aromatic N) is 3. The third kappa shape index (κ3) is 3.84. The van der Waals surface area contributed by atoms with Crippen LogP contribution in [0.15, 0.2) is 73.1 Å². The number of pyridine rings is 2. The van der Waals surface area contributed by atoms with Crippen molar-refractivity contribution in [2.24, 2.45) is 0 Å². The molecule has 0 unspecified atom stereocenters. The van der Waals surface area contributed by atoms with Crippen molar-refractivity contribution < 1.29 is 9.18 Å². The second-order valence-corrected chi connectivity index (χ2v) is 7.63. The number of anilines is 2. The molecule has 1 fully saturated rings. The van der Waals surface area contributed by atoms with E-state index in [1.54, 1.807) is 30.6 Å². The van der Waals surface area contributed by atoms with Crippen LogP contribution in [0.4, 0.5) is 15.8 Å². The molecule has 0 atom stereocenters. The summed E-state index contributed by atoms with van der Waals surface area (Å²) < 4.78 is 14.7. The zero-order valence-corrected chi connectivity index (χ0v) is 16.9. The van der Waals surface area contributed by atoms with Crippen molar-refractivity contribution in [1.29, 1.82) is 0 Å². The van der Waals surface area contributed by atoms with E-state index in [1.165, 1.54) is 6.07 Å². The Bertz CT molecular complexity index is 1250. The number of amides is 1. The van der Waals surface area contributed by atoms with Gasteiger partial charge in [0.1, 0.15) is 5.82 Å². The van der Waals surface area contributed by atoms with Gasteiger partial charge in [-0.25, -0.2) is 9.37 Å². The molecule has 1 N–H and O–H groups in total. The fraction of sp³-hybridized carbons (Fsp3) is 0.160. The van der Waals surface area contributed by atoms with Crippen LogP contribution in [0.25, 0.3) is 22.2 Å². The lowest BCUT2D eigenvalue weighted by Crippen LogP contribution is -2.19. The quantitative estimate of drug-likeness (QED) is 0.495. The minimum Gasteiger partial charge on any atom is -0.369 e. The SMILES string of the molecule is O=C(Nc1ccc(N2CCCC2)c(F)c1)c1cc(-c2cccnc2)nc2ccccc12. The van der Waals surface area contributed by atoms with E-state index in [4.69, 9.17) is 0 Å². The predicted octanol–water partition coefficient (Wildman–Crippen LogP) is 5.29. The molecule has 0 saturated carbocycles. The molecule has 5 rings (SSSR count). The van der Waals surface area contributed by atoms with E-state index in [0.717, 1.165) is 36.9 Å². The number of fused-ring (bicyclic) bond motifs is 1. The Labute approximate surface area is 179 Å². The van der Waals surface area contributed by atoms with Gasteiger partial charge in [0.15, 0.2) is 0 Å². The summed E-state index contributed by atoms with van der Waals surface area (Å²) in [5, 5.41) is 3.58. The van der Waals surface area contributed by atoms with E-state index >= 15 is 0 Å². The molecule has 0 radical (unpaired) electrons. The zero-order valence-electron chi connectivity index (χ0n) is 16.9. The maximum atomic E-state index is 14.7. The first kappa shape index (κ1) is 19.2. The second-order valence-electron chi connectivity index (χ2n) is 7.63. The monoisotopic (exact) mass is 412 g/mol. The van der Waals surface area contributed by atoms with Gasteiger partial charge in [0, 0.05) is 42.1 Å². The highest BCUT2D eigenvalue weighted by molar-refractivity contribution is 6.13. The third-order valence-corrected chi connectivity index (χ3v) is 5.57. The molecule has 1 saturated heterocycles. The van der Waals surface area contributed by atoms with Crippen LogP contribution in [0.2, 0.25) is 0 Å². The minimum absolute atomic E-state index is 0.308. The molecule has 154 valence electrons. The van der Waals surface area contributed by atoms with Crippen LogP contribution in [0.1, 0.15) is 23.2 Å². The molecule has 1 aliphatic rings. The van der Waals surface area contributed by atoms with Gasteiger partial charge in [-0.15, -0.1) is 0 Å². The number of hydrogen-bond donors (Lipinski definition) is 1. The molecule has 0 spiro atoms. The lowest BCUT2D eigenvalue weighted by Gasteiger charge is -2.19. The van der Waals surface area contributed by atoms with E-state index in [2.05, 4.69) is 15.3 Å². The molecular formula is C25H21FN4O. The summed E-state index contributed by atoms with van der Waals surface area (Å²) in [6.07, 6.45) is 5.56. The van der Waals surface area contributed by atoms with Gasteiger partial charge in [0.05, 0.1) is 22.5 Å². The summed E-state index contributed by atoms with van der Waals surface area (Å²) in [5.41, 5.74) is 3.69. The van der Waals surface area contributed by atoms with Gasteiger partial charge in [-0.3, -0.25) is 9.78 Å². The van der Waals surface area contributed by atoms with Gasteiger partial charge in [0.2, 0.25) is 0 Å². The van der Waals surface area contributed by atoms with E-state index in [-0.39, 0.29) is 11.7 Å². The van der Waals surface area contributed by atoms with Crippen molar-refractivity contribution >= 4 is 28.2 Å². The van der Waals surface area contributed by atoms with Crippen molar-refractivity contribution in [3.05, 3.63) is 84.4 Å². The van der Waals surface area contributed by atoms with Crippen molar-refractivity contribution in [2.75, 3.05) is 23.3 Å². The first-order chi connectivity index (χ1) is 15.2. The number of carbonyl (C=O) groups excluding carboxylic acids is 1. The topological polar surface area (TPSA) is 58.1 Å². The number of para-hydroxylation sites is 1. The first-order valence-corrected chi connectivity index (χ1v) is 10.3. The van der Waals surface area contributed by atoms with Crippen LogP contribution in [0.3, 0.4) is 0 Å². The number of benzene rings is 2. The van der Waals surface area contributed by atoms with Crippen LogP contribution in [-0.4, -0.2) is 29.0 Å². The molecular weight excluding hydrogens is 391 g/mol. The van der Waals surface area contributed by atoms with Gasteiger partial charge < -0.3 is 10.2 Å². The van der Waals surface area contributed by atoms with Crippen LogP contribution in [-0.2, 0) is 0 Å². The third-order valence-electron chi connectivity index (χ3n) is 5.57. The molecule has 1 aliphatic heterocycles. The van der Waals surface area contributed by atoms with Crippen LogP contribution >= 0.6 is 0 Å². The van der Waals surface area contributed by atoms with Crippen LogP contribution in [0, 0.1) is 5.82 Å². The number of carbonyl (C=O) groups is 1. The Kier molecular flexibility index (Phi) is 5.04. The van der Waals surface area contributed by atoms with Crippen molar-refractivity contribution in [3.63, 3.8) is 0 Å². The predicted molar refractivity (Wildman–Crippen MR) is 121 cm³/mol. The molecule has 3 heterocycles. The van der Waals surface area contributed by atoms with Crippen LogP contribution in [0.5, 0.6) is 0 Å². The molecule has 4 aromatic rings. The summed E-state index contributed by atoms with van der Waals surface area (Å²) in [4.78, 5) is 24.0. The normalized spacial score (nSPS) is 13.5. The van der Waals surface area contributed by atoms with E-state index in [9.17, 15) is 9.18 Å². The number of aromatic nitrogens is 2. The maximum Gasteiger partial charge on any atom is 0.256 e. The van der Waals surface area contributed by atoms with Gasteiger partial charge >= 0.3 is 0 Å². The average Bonchev–Trinajstić information content (AvgIpc) is 3.33. The average molecular weight is 412 g/mol. The number of halogens is 1. The molecule has 0 aliphatic carbocycles. The Balaban J connectivity index is 1.49. The zero-order chi connectivity index (χ0) is 21.2. The molecule has 1 amide bonds. The van der Waals surface area contributed by atoms with Crippen LogP contribution < -0.4 is 10.2 Å².